The average Bonchev–Trinajstić information content (AvgIpc) is 2.53. The van der Waals surface area contributed by atoms with Gasteiger partial charge in [0.05, 0.1) is 0 Å². The first kappa shape index (κ1) is 12.8. The Bertz CT molecular complexity index is 689. The van der Waals surface area contributed by atoms with Crippen molar-refractivity contribution in [1.82, 2.24) is 9.97 Å². The number of nitrogens with zero attached hydrogens (tertiary/aromatic N) is 2. The first-order valence-corrected chi connectivity index (χ1v) is 6.83. The Hall–Kier alpha value is -2.26. The van der Waals surface area contributed by atoms with E-state index in [1.807, 2.05) is 48.9 Å². The predicted octanol–water partition coefficient (Wildman–Crippen LogP) is 3.26. The molecule has 100 valence electrons. The zero-order valence-electron chi connectivity index (χ0n) is 11.2. The Morgan fingerprint density at radius 2 is 1.85 bits per heavy atom. The van der Waals surface area contributed by atoms with E-state index in [2.05, 4.69) is 22.1 Å². The van der Waals surface area contributed by atoms with Gasteiger partial charge in [-0.3, -0.25) is 9.97 Å². The van der Waals surface area contributed by atoms with Gasteiger partial charge in [-0.1, -0.05) is 30.3 Å². The largest absolute Gasteiger partial charge is 0.324 e. The van der Waals surface area contributed by atoms with E-state index in [0.717, 1.165) is 29.5 Å². The first-order chi connectivity index (χ1) is 9.84. The summed E-state index contributed by atoms with van der Waals surface area (Å²) in [4.78, 5) is 8.63. The third-order valence-corrected chi connectivity index (χ3v) is 3.54. The van der Waals surface area contributed by atoms with Crippen molar-refractivity contribution >= 4 is 10.8 Å². The summed E-state index contributed by atoms with van der Waals surface area (Å²) < 4.78 is 0. The standard InChI is InChI=1S/C17H17N3/c18-17(9-8-14-6-3-4-10-20-14)16-12-19-11-13-5-1-2-7-15(13)16/h1-7,10-12,17H,8-9,18H2. The fraction of sp³-hybridized carbons (Fsp3) is 0.176. The second-order valence-corrected chi connectivity index (χ2v) is 4.92. The monoisotopic (exact) mass is 263 g/mol. The summed E-state index contributed by atoms with van der Waals surface area (Å²) >= 11 is 0. The third-order valence-electron chi connectivity index (χ3n) is 3.54. The average molecular weight is 263 g/mol. The molecule has 0 spiro atoms. The van der Waals surface area contributed by atoms with Gasteiger partial charge in [-0.05, 0) is 35.9 Å². The number of benzene rings is 1. The Labute approximate surface area is 118 Å². The van der Waals surface area contributed by atoms with Gasteiger partial charge in [0.25, 0.3) is 0 Å². The van der Waals surface area contributed by atoms with Gasteiger partial charge in [0, 0.05) is 35.7 Å². The molecule has 3 nitrogen and oxygen atoms in total. The van der Waals surface area contributed by atoms with E-state index >= 15 is 0 Å². The summed E-state index contributed by atoms with van der Waals surface area (Å²) in [5.74, 6) is 0. The van der Waals surface area contributed by atoms with Gasteiger partial charge in [0.1, 0.15) is 0 Å². The van der Waals surface area contributed by atoms with Crippen molar-refractivity contribution in [2.75, 3.05) is 0 Å². The topological polar surface area (TPSA) is 51.8 Å². The molecule has 2 heterocycles. The highest BCUT2D eigenvalue weighted by Crippen LogP contribution is 2.24. The molecule has 0 aliphatic heterocycles. The number of aryl methyl sites for hydroxylation is 1. The zero-order valence-corrected chi connectivity index (χ0v) is 11.2. The van der Waals surface area contributed by atoms with Crippen molar-refractivity contribution in [3.63, 3.8) is 0 Å². The molecule has 0 amide bonds. The Kier molecular flexibility index (Phi) is 3.70. The highest BCUT2D eigenvalue weighted by molar-refractivity contribution is 5.85. The van der Waals surface area contributed by atoms with E-state index in [1.54, 1.807) is 0 Å². The van der Waals surface area contributed by atoms with Crippen LogP contribution in [-0.4, -0.2) is 9.97 Å². The van der Waals surface area contributed by atoms with Crippen LogP contribution in [0.2, 0.25) is 0 Å². The van der Waals surface area contributed by atoms with Gasteiger partial charge in [-0.15, -0.1) is 0 Å². The number of aromatic nitrogens is 2. The smallest absolute Gasteiger partial charge is 0.0404 e. The van der Waals surface area contributed by atoms with E-state index in [1.165, 1.54) is 5.39 Å². The van der Waals surface area contributed by atoms with Gasteiger partial charge >= 0.3 is 0 Å². The summed E-state index contributed by atoms with van der Waals surface area (Å²) in [6.45, 7) is 0. The van der Waals surface area contributed by atoms with Crippen LogP contribution >= 0.6 is 0 Å². The maximum atomic E-state index is 6.34. The van der Waals surface area contributed by atoms with Gasteiger partial charge in [-0.25, -0.2) is 0 Å². The van der Waals surface area contributed by atoms with Crippen LogP contribution in [0, 0.1) is 0 Å². The van der Waals surface area contributed by atoms with Crippen LogP contribution < -0.4 is 5.73 Å². The lowest BCUT2D eigenvalue weighted by Gasteiger charge is -2.14. The molecule has 2 aromatic heterocycles. The molecule has 0 bridgehead atoms. The fourth-order valence-corrected chi connectivity index (χ4v) is 2.44. The third kappa shape index (κ3) is 2.68. The number of fused-ring (bicyclic) bond motifs is 1. The minimum Gasteiger partial charge on any atom is -0.324 e. The van der Waals surface area contributed by atoms with Gasteiger partial charge in [0.2, 0.25) is 0 Å². The second kappa shape index (κ2) is 5.80. The summed E-state index contributed by atoms with van der Waals surface area (Å²) in [6, 6.07) is 14.2. The highest BCUT2D eigenvalue weighted by atomic mass is 14.7. The maximum absolute atomic E-state index is 6.34. The van der Waals surface area contributed by atoms with Crippen LogP contribution in [0.25, 0.3) is 10.8 Å². The summed E-state index contributed by atoms with van der Waals surface area (Å²) in [7, 11) is 0. The minimum absolute atomic E-state index is 0.0180. The number of rotatable bonds is 4. The van der Waals surface area contributed by atoms with Crippen molar-refractivity contribution in [2.24, 2.45) is 5.73 Å². The van der Waals surface area contributed by atoms with Crippen LogP contribution in [0.15, 0.2) is 61.1 Å². The van der Waals surface area contributed by atoms with E-state index in [4.69, 9.17) is 5.73 Å². The van der Waals surface area contributed by atoms with Crippen molar-refractivity contribution < 1.29 is 0 Å². The van der Waals surface area contributed by atoms with Gasteiger partial charge < -0.3 is 5.73 Å². The zero-order chi connectivity index (χ0) is 13.8. The first-order valence-electron chi connectivity index (χ1n) is 6.83. The lowest BCUT2D eigenvalue weighted by Crippen LogP contribution is -2.12. The number of hydrogen-bond donors (Lipinski definition) is 1. The molecule has 0 fully saturated rings. The highest BCUT2D eigenvalue weighted by Gasteiger charge is 2.10. The van der Waals surface area contributed by atoms with Gasteiger partial charge in [-0.2, -0.15) is 0 Å². The molecule has 2 N–H and O–H groups in total. The molecule has 1 atom stereocenters. The van der Waals surface area contributed by atoms with Gasteiger partial charge in [0.15, 0.2) is 0 Å². The molecule has 0 saturated heterocycles. The van der Waals surface area contributed by atoms with Crippen LogP contribution in [0.3, 0.4) is 0 Å². The number of pyridine rings is 2. The lowest BCUT2D eigenvalue weighted by atomic mass is 9.98. The molecule has 0 aliphatic rings. The Morgan fingerprint density at radius 3 is 2.70 bits per heavy atom. The number of nitrogens with two attached hydrogens (primary N) is 1. The van der Waals surface area contributed by atoms with E-state index in [9.17, 15) is 0 Å². The molecule has 1 unspecified atom stereocenters. The molecule has 20 heavy (non-hydrogen) atoms. The van der Waals surface area contributed by atoms with Crippen molar-refractivity contribution in [3.8, 4) is 0 Å². The lowest BCUT2D eigenvalue weighted by molar-refractivity contribution is 0.646. The summed E-state index contributed by atoms with van der Waals surface area (Å²) in [5.41, 5.74) is 8.53. The molecule has 0 aliphatic carbocycles. The van der Waals surface area contributed by atoms with Crippen molar-refractivity contribution in [2.45, 2.75) is 18.9 Å². The summed E-state index contributed by atoms with van der Waals surface area (Å²) in [5, 5.41) is 2.33. The fourth-order valence-electron chi connectivity index (χ4n) is 2.44. The van der Waals surface area contributed by atoms with Crippen molar-refractivity contribution in [3.05, 3.63) is 72.3 Å². The Balaban J connectivity index is 1.80. The molecular weight excluding hydrogens is 246 g/mol. The molecule has 3 aromatic rings. The second-order valence-electron chi connectivity index (χ2n) is 4.92. The van der Waals surface area contributed by atoms with E-state index in [0.29, 0.717) is 0 Å². The molecule has 3 heteroatoms. The van der Waals surface area contributed by atoms with Crippen LogP contribution in [-0.2, 0) is 6.42 Å². The molecule has 1 aromatic carbocycles. The Morgan fingerprint density at radius 1 is 1.00 bits per heavy atom. The quantitative estimate of drug-likeness (QED) is 0.786. The normalized spacial score (nSPS) is 12.4. The molecule has 3 rings (SSSR count). The van der Waals surface area contributed by atoms with Crippen molar-refractivity contribution in [1.29, 1.82) is 0 Å². The summed E-state index contributed by atoms with van der Waals surface area (Å²) in [6.07, 6.45) is 7.33. The minimum atomic E-state index is -0.0180. The number of hydrogen-bond acceptors (Lipinski definition) is 3. The van der Waals surface area contributed by atoms with Crippen LogP contribution in [0.1, 0.15) is 23.7 Å². The van der Waals surface area contributed by atoms with Crippen LogP contribution in [0.4, 0.5) is 0 Å². The van der Waals surface area contributed by atoms with E-state index in [-0.39, 0.29) is 6.04 Å². The maximum Gasteiger partial charge on any atom is 0.0404 e. The molecular formula is C17H17N3. The molecule has 0 saturated carbocycles. The van der Waals surface area contributed by atoms with E-state index < -0.39 is 0 Å². The molecule has 0 radical (unpaired) electrons. The predicted molar refractivity (Wildman–Crippen MR) is 81.2 cm³/mol. The SMILES string of the molecule is NC(CCc1ccccn1)c1cncc2ccccc12. The van der Waals surface area contributed by atoms with Crippen LogP contribution in [0.5, 0.6) is 0 Å².